The molecule has 0 aromatic carbocycles. The van der Waals surface area contributed by atoms with Gasteiger partial charge in [-0.05, 0) is 13.3 Å². The zero-order valence-electron chi connectivity index (χ0n) is 7.50. The van der Waals surface area contributed by atoms with Crippen molar-refractivity contribution in [3.05, 3.63) is 0 Å². The molecule has 6 heteroatoms. The normalized spacial score (nSPS) is 30.1. The topological polar surface area (TPSA) is 63.6 Å². The third kappa shape index (κ3) is 1.44. The van der Waals surface area contributed by atoms with Gasteiger partial charge < -0.3 is 9.84 Å². The van der Waals surface area contributed by atoms with Gasteiger partial charge in [-0.25, -0.2) is 8.78 Å². The first-order chi connectivity index (χ1) is 6.46. The lowest BCUT2D eigenvalue weighted by molar-refractivity contribution is -0.162. The smallest absolute Gasteiger partial charge is 0.323 e. The van der Waals surface area contributed by atoms with Gasteiger partial charge in [-0.3, -0.25) is 9.59 Å². The van der Waals surface area contributed by atoms with Gasteiger partial charge in [0.25, 0.3) is 0 Å². The lowest BCUT2D eigenvalue weighted by Gasteiger charge is -2.10. The number of ether oxygens (including phenoxy) is 1. The molecule has 0 unspecified atom stereocenters. The summed E-state index contributed by atoms with van der Waals surface area (Å²) in [5.74, 6) is -3.99. The molecule has 0 aromatic heterocycles. The Bertz CT molecular complexity index is 266. The highest BCUT2D eigenvalue weighted by Crippen LogP contribution is 2.56. The van der Waals surface area contributed by atoms with E-state index in [1.54, 1.807) is 0 Å². The number of alkyl halides is 2. The van der Waals surface area contributed by atoms with Crippen LogP contribution in [0.2, 0.25) is 0 Å². The molecule has 1 fully saturated rings. The highest BCUT2D eigenvalue weighted by Gasteiger charge is 2.71. The summed E-state index contributed by atoms with van der Waals surface area (Å²) in [6.07, 6.45) is -3.13. The van der Waals surface area contributed by atoms with E-state index >= 15 is 0 Å². The minimum atomic E-state index is -2.80. The minimum absolute atomic E-state index is 0.0101. The largest absolute Gasteiger partial charge is 0.480 e. The van der Waals surface area contributed by atoms with Crippen LogP contribution >= 0.6 is 0 Å². The molecular weight excluding hydrogens is 198 g/mol. The maximum Gasteiger partial charge on any atom is 0.323 e. The predicted molar refractivity (Wildman–Crippen MR) is 40.8 cm³/mol. The maximum absolute atomic E-state index is 12.2. The first kappa shape index (κ1) is 10.9. The van der Waals surface area contributed by atoms with Gasteiger partial charge in [-0.15, -0.1) is 0 Å². The lowest BCUT2D eigenvalue weighted by Crippen LogP contribution is -2.31. The fourth-order valence-corrected chi connectivity index (χ4v) is 1.42. The van der Waals surface area contributed by atoms with Gasteiger partial charge in [0.15, 0.2) is 5.41 Å². The van der Waals surface area contributed by atoms with Gasteiger partial charge in [-0.1, -0.05) is 0 Å². The standard InChI is InChI=1S/C8H10F2O4/c1-2-14-7(13)8(6(11)12)3-4(8)5(9)10/h4-5H,2-3H2,1H3,(H,11,12)/t4-,8-/m0/s1. The summed E-state index contributed by atoms with van der Waals surface area (Å²) in [7, 11) is 0. The van der Waals surface area contributed by atoms with E-state index in [0.717, 1.165) is 0 Å². The van der Waals surface area contributed by atoms with E-state index in [-0.39, 0.29) is 13.0 Å². The summed E-state index contributed by atoms with van der Waals surface area (Å²) in [5, 5.41) is 8.69. The van der Waals surface area contributed by atoms with Crippen molar-refractivity contribution in [2.75, 3.05) is 6.61 Å². The number of halogens is 2. The molecule has 1 N–H and O–H groups in total. The summed E-state index contributed by atoms with van der Waals surface area (Å²) < 4.78 is 28.9. The molecule has 14 heavy (non-hydrogen) atoms. The van der Waals surface area contributed by atoms with Gasteiger partial charge in [0.1, 0.15) is 0 Å². The summed E-state index contributed by atoms with van der Waals surface area (Å²) >= 11 is 0. The van der Waals surface area contributed by atoms with E-state index in [2.05, 4.69) is 4.74 Å². The molecule has 0 saturated heterocycles. The number of carboxylic acids is 1. The van der Waals surface area contributed by atoms with E-state index in [9.17, 15) is 18.4 Å². The second-order valence-electron chi connectivity index (χ2n) is 3.14. The van der Waals surface area contributed by atoms with E-state index in [1.807, 2.05) is 0 Å². The van der Waals surface area contributed by atoms with Crippen LogP contribution in [0.3, 0.4) is 0 Å². The third-order valence-corrected chi connectivity index (χ3v) is 2.34. The van der Waals surface area contributed by atoms with E-state index in [4.69, 9.17) is 5.11 Å². The Morgan fingerprint density at radius 2 is 2.21 bits per heavy atom. The summed E-state index contributed by atoms with van der Waals surface area (Å²) in [4.78, 5) is 21.8. The van der Waals surface area contributed by atoms with Crippen LogP contribution in [0.15, 0.2) is 0 Å². The zero-order valence-corrected chi connectivity index (χ0v) is 7.50. The van der Waals surface area contributed by atoms with Gasteiger partial charge in [0, 0.05) is 5.92 Å². The van der Waals surface area contributed by atoms with Gasteiger partial charge in [0.05, 0.1) is 6.61 Å². The van der Waals surface area contributed by atoms with Crippen molar-refractivity contribution >= 4 is 11.9 Å². The Balaban J connectivity index is 2.78. The number of carboxylic acid groups (broad SMARTS) is 1. The van der Waals surface area contributed by atoms with E-state index in [0.29, 0.717) is 0 Å². The van der Waals surface area contributed by atoms with Crippen molar-refractivity contribution in [3.63, 3.8) is 0 Å². The number of esters is 1. The quantitative estimate of drug-likeness (QED) is 0.550. The average molecular weight is 208 g/mol. The third-order valence-electron chi connectivity index (χ3n) is 2.34. The van der Waals surface area contributed by atoms with Crippen LogP contribution in [-0.2, 0) is 14.3 Å². The van der Waals surface area contributed by atoms with E-state index in [1.165, 1.54) is 6.92 Å². The summed E-state index contributed by atoms with van der Waals surface area (Å²) in [6, 6.07) is 0. The number of carbonyl (C=O) groups is 2. The lowest BCUT2D eigenvalue weighted by atomic mass is 10.1. The van der Waals surface area contributed by atoms with Crippen molar-refractivity contribution in [2.45, 2.75) is 19.8 Å². The Morgan fingerprint density at radius 1 is 1.64 bits per heavy atom. The van der Waals surface area contributed by atoms with Crippen LogP contribution < -0.4 is 0 Å². The Labute approximate surface area is 78.8 Å². The molecule has 0 aliphatic heterocycles. The Morgan fingerprint density at radius 3 is 2.50 bits per heavy atom. The Kier molecular flexibility index (Phi) is 2.73. The van der Waals surface area contributed by atoms with Crippen molar-refractivity contribution in [1.82, 2.24) is 0 Å². The van der Waals surface area contributed by atoms with Gasteiger partial charge in [0.2, 0.25) is 6.43 Å². The minimum Gasteiger partial charge on any atom is -0.480 e. The molecule has 1 saturated carbocycles. The first-order valence-electron chi connectivity index (χ1n) is 4.15. The molecule has 1 rings (SSSR count). The molecule has 0 amide bonds. The molecule has 0 radical (unpaired) electrons. The van der Waals surface area contributed by atoms with Crippen LogP contribution in [0.1, 0.15) is 13.3 Å². The number of carbonyl (C=O) groups excluding carboxylic acids is 1. The van der Waals surface area contributed by atoms with Crippen LogP contribution in [0.4, 0.5) is 8.78 Å². The predicted octanol–water partition coefficient (Wildman–Crippen LogP) is 0.905. The second-order valence-corrected chi connectivity index (χ2v) is 3.14. The zero-order chi connectivity index (χ0) is 10.9. The molecule has 1 aliphatic carbocycles. The first-order valence-corrected chi connectivity index (χ1v) is 4.15. The highest BCUT2D eigenvalue weighted by atomic mass is 19.3. The van der Waals surface area contributed by atoms with E-state index < -0.39 is 29.7 Å². The van der Waals surface area contributed by atoms with Crippen molar-refractivity contribution in [3.8, 4) is 0 Å². The molecule has 4 nitrogen and oxygen atoms in total. The van der Waals surface area contributed by atoms with Crippen LogP contribution in [0.5, 0.6) is 0 Å². The Hall–Kier alpha value is -1.20. The highest BCUT2D eigenvalue weighted by molar-refractivity contribution is 6.03. The fraction of sp³-hybridized carbons (Fsp3) is 0.750. The molecule has 2 atom stereocenters. The molecule has 1 aliphatic rings. The molecule has 0 bridgehead atoms. The monoisotopic (exact) mass is 208 g/mol. The van der Waals surface area contributed by atoms with Crippen molar-refractivity contribution in [1.29, 1.82) is 0 Å². The summed E-state index contributed by atoms with van der Waals surface area (Å²) in [5.41, 5.74) is -2.00. The SMILES string of the molecule is CCOC(=O)[C@@]1(C(=O)O)C[C@H]1C(F)F. The maximum atomic E-state index is 12.2. The van der Waals surface area contributed by atoms with Crippen LogP contribution in [0, 0.1) is 11.3 Å². The average Bonchev–Trinajstić information content (AvgIpc) is 2.79. The molecular formula is C8H10F2O4. The molecule has 0 spiro atoms. The summed E-state index contributed by atoms with van der Waals surface area (Å²) in [6.45, 7) is 1.48. The van der Waals surface area contributed by atoms with Crippen LogP contribution in [0.25, 0.3) is 0 Å². The second kappa shape index (κ2) is 3.51. The fourth-order valence-electron chi connectivity index (χ4n) is 1.42. The van der Waals surface area contributed by atoms with Gasteiger partial charge >= 0.3 is 11.9 Å². The molecule has 0 heterocycles. The number of rotatable bonds is 4. The van der Waals surface area contributed by atoms with Crippen molar-refractivity contribution < 1.29 is 28.2 Å². The van der Waals surface area contributed by atoms with Gasteiger partial charge in [-0.2, -0.15) is 0 Å². The van der Waals surface area contributed by atoms with Crippen LogP contribution in [-0.4, -0.2) is 30.1 Å². The van der Waals surface area contributed by atoms with Crippen molar-refractivity contribution in [2.24, 2.45) is 11.3 Å². The number of hydrogen-bond donors (Lipinski definition) is 1. The number of hydrogen-bond acceptors (Lipinski definition) is 3. The number of aliphatic carboxylic acids is 1. The molecule has 80 valence electrons. The molecule has 0 aromatic rings.